The Kier molecular flexibility index (Phi) is 6.50. The van der Waals surface area contributed by atoms with Crippen molar-refractivity contribution in [3.05, 3.63) is 48.6 Å². The van der Waals surface area contributed by atoms with Crippen molar-refractivity contribution >= 4 is 0 Å². The second kappa shape index (κ2) is 7.97. The Morgan fingerprint density at radius 2 is 2.00 bits per heavy atom. The van der Waals surface area contributed by atoms with Gasteiger partial charge in [0.2, 0.25) is 0 Å². The highest BCUT2D eigenvalue weighted by Crippen LogP contribution is 2.06. The Labute approximate surface area is 101 Å². The normalized spacial score (nSPS) is 14.2. The molecule has 0 saturated carbocycles. The van der Waals surface area contributed by atoms with Gasteiger partial charge in [-0.05, 0) is 12.0 Å². The van der Waals surface area contributed by atoms with E-state index in [4.69, 9.17) is 9.99 Å². The smallest absolute Gasteiger partial charge is 0.136 e. The Balaban J connectivity index is 2.18. The van der Waals surface area contributed by atoms with E-state index in [-0.39, 0.29) is 0 Å². The van der Waals surface area contributed by atoms with Crippen molar-refractivity contribution in [3.63, 3.8) is 0 Å². The first-order valence-electron chi connectivity index (χ1n) is 5.50. The van der Waals surface area contributed by atoms with Crippen LogP contribution in [-0.2, 0) is 16.2 Å². The summed E-state index contributed by atoms with van der Waals surface area (Å²) < 4.78 is 5.40. The van der Waals surface area contributed by atoms with Crippen LogP contribution in [0.5, 0.6) is 0 Å². The van der Waals surface area contributed by atoms with E-state index in [0.29, 0.717) is 19.6 Å². The first-order valence-corrected chi connectivity index (χ1v) is 5.50. The van der Waals surface area contributed by atoms with E-state index in [2.05, 4.69) is 11.5 Å². The van der Waals surface area contributed by atoms with Gasteiger partial charge in [0, 0.05) is 6.61 Å². The molecule has 0 aliphatic rings. The summed E-state index contributed by atoms with van der Waals surface area (Å²) in [5, 5.41) is 18.0. The lowest BCUT2D eigenvalue weighted by Gasteiger charge is -2.16. The Morgan fingerprint density at radius 3 is 2.59 bits per heavy atom. The minimum atomic E-state index is -0.812. The minimum Gasteiger partial charge on any atom is -0.390 e. The standard InChI is InChI=1S/C13H18O4/c1-2-13(17-15)12(14)8-9-16-10-11-6-4-3-5-7-11/h2-7,12-15H,1,8-10H2/t12-,13+/m1/s1. The fourth-order valence-electron chi connectivity index (χ4n) is 1.40. The molecule has 0 saturated heterocycles. The third-order valence-corrected chi connectivity index (χ3v) is 2.40. The van der Waals surface area contributed by atoms with Gasteiger partial charge in [0.05, 0.1) is 12.7 Å². The van der Waals surface area contributed by atoms with E-state index in [1.165, 1.54) is 6.08 Å². The van der Waals surface area contributed by atoms with Crippen LogP contribution >= 0.6 is 0 Å². The van der Waals surface area contributed by atoms with Crippen LogP contribution in [0.25, 0.3) is 0 Å². The van der Waals surface area contributed by atoms with Crippen molar-refractivity contribution < 1.29 is 20.0 Å². The molecule has 1 rings (SSSR count). The lowest BCUT2D eigenvalue weighted by Crippen LogP contribution is -2.27. The number of aliphatic hydroxyl groups is 1. The van der Waals surface area contributed by atoms with E-state index in [0.717, 1.165) is 5.56 Å². The van der Waals surface area contributed by atoms with Gasteiger partial charge < -0.3 is 9.84 Å². The third kappa shape index (κ3) is 5.10. The van der Waals surface area contributed by atoms with Gasteiger partial charge in [0.15, 0.2) is 0 Å². The molecule has 4 nitrogen and oxygen atoms in total. The molecule has 0 aromatic heterocycles. The lowest BCUT2D eigenvalue weighted by molar-refractivity contribution is -0.283. The number of hydrogen-bond acceptors (Lipinski definition) is 4. The quantitative estimate of drug-likeness (QED) is 0.315. The van der Waals surface area contributed by atoms with Crippen LogP contribution in [0.1, 0.15) is 12.0 Å². The average Bonchev–Trinajstić information content (AvgIpc) is 2.37. The molecule has 2 N–H and O–H groups in total. The zero-order valence-corrected chi connectivity index (χ0v) is 9.66. The molecular formula is C13H18O4. The van der Waals surface area contributed by atoms with Crippen LogP contribution in [0.4, 0.5) is 0 Å². The highest BCUT2D eigenvalue weighted by atomic mass is 17.1. The van der Waals surface area contributed by atoms with Crippen molar-refractivity contribution in [2.45, 2.75) is 25.2 Å². The molecule has 0 spiro atoms. The van der Waals surface area contributed by atoms with E-state index >= 15 is 0 Å². The summed E-state index contributed by atoms with van der Waals surface area (Å²) in [6.07, 6.45) is 0.148. The number of benzene rings is 1. The maximum atomic E-state index is 9.57. The average molecular weight is 238 g/mol. The minimum absolute atomic E-state index is 0.379. The van der Waals surface area contributed by atoms with Crippen molar-refractivity contribution in [3.8, 4) is 0 Å². The molecule has 4 heteroatoms. The molecule has 2 atom stereocenters. The van der Waals surface area contributed by atoms with Crippen LogP contribution < -0.4 is 0 Å². The maximum absolute atomic E-state index is 9.57. The summed E-state index contributed by atoms with van der Waals surface area (Å²) >= 11 is 0. The molecule has 0 heterocycles. The van der Waals surface area contributed by atoms with Crippen LogP contribution in [0.3, 0.4) is 0 Å². The number of aliphatic hydroxyl groups excluding tert-OH is 1. The van der Waals surface area contributed by atoms with Crippen molar-refractivity contribution in [2.24, 2.45) is 0 Å². The number of ether oxygens (including phenoxy) is 1. The molecule has 0 fully saturated rings. The molecule has 1 aromatic rings. The summed E-state index contributed by atoms with van der Waals surface area (Å²) in [5.41, 5.74) is 1.08. The molecule has 0 amide bonds. The summed E-state index contributed by atoms with van der Waals surface area (Å²) in [6.45, 7) is 4.34. The molecule has 0 aliphatic carbocycles. The Morgan fingerprint density at radius 1 is 1.29 bits per heavy atom. The van der Waals surface area contributed by atoms with Crippen molar-refractivity contribution in [2.75, 3.05) is 6.61 Å². The fourth-order valence-corrected chi connectivity index (χ4v) is 1.40. The van der Waals surface area contributed by atoms with Gasteiger partial charge in [-0.2, -0.15) is 0 Å². The van der Waals surface area contributed by atoms with E-state index < -0.39 is 12.2 Å². The molecule has 0 unspecified atom stereocenters. The molecule has 0 bridgehead atoms. The lowest BCUT2D eigenvalue weighted by atomic mass is 10.1. The topological polar surface area (TPSA) is 58.9 Å². The number of hydrogen-bond donors (Lipinski definition) is 2. The van der Waals surface area contributed by atoms with Crippen LogP contribution in [0, 0.1) is 0 Å². The predicted molar refractivity (Wildman–Crippen MR) is 64.4 cm³/mol. The third-order valence-electron chi connectivity index (χ3n) is 2.40. The Hall–Kier alpha value is -1.20. The highest BCUT2D eigenvalue weighted by Gasteiger charge is 2.16. The molecule has 1 aromatic carbocycles. The second-order valence-corrected chi connectivity index (χ2v) is 3.70. The van der Waals surface area contributed by atoms with Crippen molar-refractivity contribution in [1.29, 1.82) is 0 Å². The molecule has 0 aliphatic heterocycles. The largest absolute Gasteiger partial charge is 0.390 e. The van der Waals surface area contributed by atoms with Crippen LogP contribution in [-0.4, -0.2) is 29.2 Å². The predicted octanol–water partition coefficient (Wildman–Crippen LogP) is 2.00. The van der Waals surface area contributed by atoms with Gasteiger partial charge >= 0.3 is 0 Å². The summed E-state index contributed by atoms with van der Waals surface area (Å²) in [4.78, 5) is 4.05. The molecular weight excluding hydrogens is 220 g/mol. The summed E-state index contributed by atoms with van der Waals surface area (Å²) in [6, 6.07) is 9.78. The van der Waals surface area contributed by atoms with Gasteiger partial charge in [-0.15, -0.1) is 6.58 Å². The van der Waals surface area contributed by atoms with Crippen LogP contribution in [0.15, 0.2) is 43.0 Å². The van der Waals surface area contributed by atoms with E-state index in [1.807, 2.05) is 30.3 Å². The van der Waals surface area contributed by atoms with Gasteiger partial charge in [-0.3, -0.25) is 5.26 Å². The van der Waals surface area contributed by atoms with E-state index in [1.54, 1.807) is 0 Å². The molecule has 17 heavy (non-hydrogen) atoms. The first-order chi connectivity index (χ1) is 8.27. The van der Waals surface area contributed by atoms with Gasteiger partial charge in [-0.1, -0.05) is 36.4 Å². The molecule has 0 radical (unpaired) electrons. The zero-order chi connectivity index (χ0) is 12.5. The summed E-state index contributed by atoms with van der Waals surface area (Å²) in [5.74, 6) is 0. The highest BCUT2D eigenvalue weighted by molar-refractivity contribution is 5.13. The number of rotatable bonds is 8. The Bertz CT molecular complexity index is 312. The van der Waals surface area contributed by atoms with Crippen LogP contribution in [0.2, 0.25) is 0 Å². The SMILES string of the molecule is C=C[C@H](OO)[C@H](O)CCOCc1ccccc1. The molecule has 94 valence electrons. The van der Waals surface area contributed by atoms with Gasteiger partial charge in [-0.25, -0.2) is 4.89 Å². The maximum Gasteiger partial charge on any atom is 0.136 e. The zero-order valence-electron chi connectivity index (χ0n) is 9.66. The van der Waals surface area contributed by atoms with E-state index in [9.17, 15) is 5.11 Å². The monoisotopic (exact) mass is 238 g/mol. The second-order valence-electron chi connectivity index (χ2n) is 3.70. The fraction of sp³-hybridized carbons (Fsp3) is 0.385. The summed E-state index contributed by atoms with van der Waals surface area (Å²) in [7, 11) is 0. The van der Waals surface area contributed by atoms with Gasteiger partial charge in [0.1, 0.15) is 6.10 Å². The van der Waals surface area contributed by atoms with Crippen molar-refractivity contribution in [1.82, 2.24) is 0 Å². The van der Waals surface area contributed by atoms with Gasteiger partial charge in [0.25, 0.3) is 0 Å². The first kappa shape index (κ1) is 13.9.